The van der Waals surface area contributed by atoms with E-state index < -0.39 is 17.8 Å². The Hall–Kier alpha value is -2.63. The highest BCUT2D eigenvalue weighted by Crippen LogP contribution is 2.14. The lowest BCUT2D eigenvalue weighted by Gasteiger charge is -2.15. The van der Waals surface area contributed by atoms with E-state index in [1.54, 1.807) is 12.3 Å². The molecule has 0 bridgehead atoms. The lowest BCUT2D eigenvalue weighted by Crippen LogP contribution is -2.37. The molecule has 0 aliphatic heterocycles. The quantitative estimate of drug-likeness (QED) is 0.849. The lowest BCUT2D eigenvalue weighted by atomic mass is 10.1. The zero-order valence-electron chi connectivity index (χ0n) is 11.2. The Morgan fingerprint density at radius 1 is 1.24 bits per heavy atom. The number of aryl methyl sites for hydroxylation is 1. The van der Waals surface area contributed by atoms with Gasteiger partial charge in [0.25, 0.3) is 0 Å². The monoisotopic (exact) mass is 290 g/mol. The second kappa shape index (κ2) is 6.69. The van der Waals surface area contributed by atoms with Gasteiger partial charge in [-0.3, -0.25) is 9.59 Å². The molecule has 1 atom stereocenters. The standard InChI is InChI=1S/C15H15FN2O3/c16-12-4-2-11(3-5-12)14(15(17)20)18-13(19)6-1-10-7-8-21-9-10/h2-5,7-9,14H,1,6H2,(H2,17,20)(H,18,19)/t14-/m1/s1. The van der Waals surface area contributed by atoms with Crippen LogP contribution in [0.3, 0.4) is 0 Å². The van der Waals surface area contributed by atoms with Gasteiger partial charge < -0.3 is 15.5 Å². The van der Waals surface area contributed by atoms with Crippen LogP contribution in [0, 0.1) is 5.82 Å². The molecule has 0 saturated heterocycles. The number of rotatable bonds is 6. The highest BCUT2D eigenvalue weighted by molar-refractivity contribution is 5.87. The summed E-state index contributed by atoms with van der Waals surface area (Å²) in [5, 5.41) is 2.55. The average molecular weight is 290 g/mol. The second-order valence-electron chi connectivity index (χ2n) is 4.59. The predicted molar refractivity (Wildman–Crippen MR) is 73.5 cm³/mol. The number of carbonyl (C=O) groups excluding carboxylic acids is 2. The molecule has 5 nitrogen and oxygen atoms in total. The van der Waals surface area contributed by atoms with Crippen molar-refractivity contribution in [2.45, 2.75) is 18.9 Å². The molecule has 2 rings (SSSR count). The maximum absolute atomic E-state index is 12.9. The summed E-state index contributed by atoms with van der Waals surface area (Å²) in [5.41, 5.74) is 6.62. The van der Waals surface area contributed by atoms with Gasteiger partial charge in [0.1, 0.15) is 11.9 Å². The Bertz CT molecular complexity index is 608. The molecule has 0 radical (unpaired) electrons. The normalized spacial score (nSPS) is 11.9. The Morgan fingerprint density at radius 2 is 1.95 bits per heavy atom. The highest BCUT2D eigenvalue weighted by Gasteiger charge is 2.20. The van der Waals surface area contributed by atoms with Gasteiger partial charge in [0, 0.05) is 6.42 Å². The predicted octanol–water partition coefficient (Wildman–Crippen LogP) is 1.69. The van der Waals surface area contributed by atoms with Gasteiger partial charge in [-0.15, -0.1) is 0 Å². The van der Waals surface area contributed by atoms with Crippen LogP contribution in [-0.2, 0) is 16.0 Å². The van der Waals surface area contributed by atoms with Crippen LogP contribution in [0.4, 0.5) is 4.39 Å². The van der Waals surface area contributed by atoms with E-state index in [9.17, 15) is 14.0 Å². The fourth-order valence-corrected chi connectivity index (χ4v) is 1.90. The average Bonchev–Trinajstić information content (AvgIpc) is 2.97. The molecule has 1 heterocycles. The summed E-state index contributed by atoms with van der Waals surface area (Å²) in [4.78, 5) is 23.3. The number of halogens is 1. The Kier molecular flexibility index (Phi) is 4.71. The van der Waals surface area contributed by atoms with Crippen LogP contribution < -0.4 is 11.1 Å². The van der Waals surface area contributed by atoms with E-state index in [1.165, 1.54) is 30.5 Å². The van der Waals surface area contributed by atoms with Crippen molar-refractivity contribution < 1.29 is 18.4 Å². The zero-order chi connectivity index (χ0) is 15.2. The van der Waals surface area contributed by atoms with Crippen molar-refractivity contribution in [3.63, 3.8) is 0 Å². The van der Waals surface area contributed by atoms with Crippen molar-refractivity contribution in [1.82, 2.24) is 5.32 Å². The molecule has 0 aliphatic carbocycles. The van der Waals surface area contributed by atoms with Gasteiger partial charge in [-0.1, -0.05) is 12.1 Å². The van der Waals surface area contributed by atoms with Crippen molar-refractivity contribution >= 4 is 11.8 Å². The van der Waals surface area contributed by atoms with Crippen LogP contribution in [0.2, 0.25) is 0 Å². The molecule has 0 aliphatic rings. The maximum atomic E-state index is 12.9. The number of carbonyl (C=O) groups is 2. The van der Waals surface area contributed by atoms with Gasteiger partial charge >= 0.3 is 0 Å². The van der Waals surface area contributed by atoms with Crippen LogP contribution in [0.15, 0.2) is 47.3 Å². The zero-order valence-corrected chi connectivity index (χ0v) is 11.2. The van der Waals surface area contributed by atoms with E-state index in [0.29, 0.717) is 12.0 Å². The van der Waals surface area contributed by atoms with Gasteiger partial charge in [0.15, 0.2) is 0 Å². The fraction of sp³-hybridized carbons (Fsp3) is 0.200. The number of amides is 2. The second-order valence-corrected chi connectivity index (χ2v) is 4.59. The van der Waals surface area contributed by atoms with E-state index in [4.69, 9.17) is 10.2 Å². The minimum Gasteiger partial charge on any atom is -0.472 e. The van der Waals surface area contributed by atoms with Crippen LogP contribution in [0.5, 0.6) is 0 Å². The van der Waals surface area contributed by atoms with E-state index in [2.05, 4.69) is 5.32 Å². The van der Waals surface area contributed by atoms with E-state index >= 15 is 0 Å². The largest absolute Gasteiger partial charge is 0.472 e. The number of primary amides is 1. The first-order chi connectivity index (χ1) is 10.1. The van der Waals surface area contributed by atoms with Gasteiger partial charge in [-0.05, 0) is 35.7 Å². The minimum atomic E-state index is -0.970. The van der Waals surface area contributed by atoms with Gasteiger partial charge in [0.05, 0.1) is 12.5 Å². The third-order valence-corrected chi connectivity index (χ3v) is 3.01. The van der Waals surface area contributed by atoms with Crippen LogP contribution >= 0.6 is 0 Å². The topological polar surface area (TPSA) is 85.3 Å². The molecule has 2 aromatic rings. The number of furan rings is 1. The Balaban J connectivity index is 1.97. The fourth-order valence-electron chi connectivity index (χ4n) is 1.90. The molecule has 1 aromatic carbocycles. The molecular formula is C15H15FN2O3. The molecule has 6 heteroatoms. The summed E-state index contributed by atoms with van der Waals surface area (Å²) in [6.07, 6.45) is 3.78. The maximum Gasteiger partial charge on any atom is 0.244 e. The number of nitrogens with two attached hydrogens (primary N) is 1. The summed E-state index contributed by atoms with van der Waals surface area (Å²) in [5.74, 6) is -1.43. The van der Waals surface area contributed by atoms with E-state index in [0.717, 1.165) is 5.56 Å². The molecule has 2 amide bonds. The SMILES string of the molecule is NC(=O)[C@H](NC(=O)CCc1ccoc1)c1ccc(F)cc1. The molecule has 0 spiro atoms. The third kappa shape index (κ3) is 4.17. The van der Waals surface area contributed by atoms with E-state index in [-0.39, 0.29) is 12.3 Å². The number of hydrogen-bond donors (Lipinski definition) is 2. The molecule has 0 unspecified atom stereocenters. The first-order valence-corrected chi connectivity index (χ1v) is 6.41. The van der Waals surface area contributed by atoms with Crippen LogP contribution in [-0.4, -0.2) is 11.8 Å². The molecule has 0 saturated carbocycles. The molecule has 110 valence electrons. The van der Waals surface area contributed by atoms with E-state index in [1.807, 2.05) is 0 Å². The Labute approximate surface area is 120 Å². The highest BCUT2D eigenvalue weighted by atomic mass is 19.1. The Morgan fingerprint density at radius 3 is 2.52 bits per heavy atom. The smallest absolute Gasteiger partial charge is 0.244 e. The number of hydrogen-bond acceptors (Lipinski definition) is 3. The molecule has 0 fully saturated rings. The lowest BCUT2D eigenvalue weighted by molar-refractivity contribution is -0.127. The van der Waals surface area contributed by atoms with Crippen molar-refractivity contribution in [3.8, 4) is 0 Å². The van der Waals surface area contributed by atoms with Crippen LogP contribution in [0.1, 0.15) is 23.6 Å². The van der Waals surface area contributed by atoms with Gasteiger partial charge in [0.2, 0.25) is 11.8 Å². The summed E-state index contributed by atoms with van der Waals surface area (Å²) in [6, 6.07) is 6.05. The van der Waals surface area contributed by atoms with Gasteiger partial charge in [-0.2, -0.15) is 0 Å². The first kappa shape index (κ1) is 14.8. The van der Waals surface area contributed by atoms with Crippen LogP contribution in [0.25, 0.3) is 0 Å². The summed E-state index contributed by atoms with van der Waals surface area (Å²) in [7, 11) is 0. The molecule has 1 aromatic heterocycles. The van der Waals surface area contributed by atoms with Crippen molar-refractivity contribution in [2.75, 3.05) is 0 Å². The first-order valence-electron chi connectivity index (χ1n) is 6.41. The van der Waals surface area contributed by atoms with Crippen molar-refractivity contribution in [2.24, 2.45) is 5.73 Å². The van der Waals surface area contributed by atoms with Crippen molar-refractivity contribution in [1.29, 1.82) is 0 Å². The van der Waals surface area contributed by atoms with Crippen molar-refractivity contribution in [3.05, 3.63) is 59.8 Å². The number of nitrogens with one attached hydrogen (secondary N) is 1. The summed E-state index contributed by atoms with van der Waals surface area (Å²) >= 11 is 0. The van der Waals surface area contributed by atoms with Gasteiger partial charge in [-0.25, -0.2) is 4.39 Å². The minimum absolute atomic E-state index is 0.199. The summed E-state index contributed by atoms with van der Waals surface area (Å²) in [6.45, 7) is 0. The number of benzene rings is 1. The molecular weight excluding hydrogens is 275 g/mol. The molecule has 21 heavy (non-hydrogen) atoms. The molecule has 3 N–H and O–H groups in total. The summed E-state index contributed by atoms with van der Waals surface area (Å²) < 4.78 is 17.8. The third-order valence-electron chi connectivity index (χ3n) is 3.01.